The molecule has 2 heterocycles. The van der Waals surface area contributed by atoms with Crippen molar-refractivity contribution in [1.29, 1.82) is 0 Å². The van der Waals surface area contributed by atoms with Gasteiger partial charge in [-0.2, -0.15) is 0 Å². The van der Waals surface area contributed by atoms with Crippen molar-refractivity contribution in [1.82, 2.24) is 9.47 Å². The molecule has 2 aromatic rings. The Balaban J connectivity index is 1.81. The molecule has 1 aliphatic heterocycles. The summed E-state index contributed by atoms with van der Waals surface area (Å²) in [6, 6.07) is 8.07. The van der Waals surface area contributed by atoms with Crippen molar-refractivity contribution >= 4 is 16.8 Å². The Morgan fingerprint density at radius 2 is 2.05 bits per heavy atom. The van der Waals surface area contributed by atoms with Gasteiger partial charge < -0.3 is 14.2 Å². The molecule has 1 amide bonds. The first kappa shape index (κ1) is 14.0. The number of ether oxygens (including phenoxy) is 1. The van der Waals surface area contributed by atoms with E-state index in [0.717, 1.165) is 55.6 Å². The van der Waals surface area contributed by atoms with Crippen LogP contribution in [-0.4, -0.2) is 35.1 Å². The van der Waals surface area contributed by atoms with E-state index in [0.29, 0.717) is 6.54 Å². The second-order valence-corrected chi connectivity index (χ2v) is 5.57. The third-order valence-electron chi connectivity index (χ3n) is 4.00. The maximum Gasteiger partial charge on any atom is 0.242 e. The Morgan fingerprint density at radius 3 is 2.81 bits per heavy atom. The van der Waals surface area contributed by atoms with Gasteiger partial charge in [-0.05, 0) is 37.5 Å². The summed E-state index contributed by atoms with van der Waals surface area (Å²) in [5, 5.41) is 1.08. The number of fused-ring (bicyclic) bond motifs is 1. The second kappa shape index (κ2) is 6.20. The molecule has 1 fully saturated rings. The number of hydrogen-bond acceptors (Lipinski definition) is 2. The van der Waals surface area contributed by atoms with E-state index in [1.165, 1.54) is 0 Å². The Bertz CT molecular complexity index is 627. The minimum Gasteiger partial charge on any atom is -0.493 e. The zero-order valence-electron chi connectivity index (χ0n) is 12.5. The van der Waals surface area contributed by atoms with E-state index in [1.807, 2.05) is 39.9 Å². The topological polar surface area (TPSA) is 34.5 Å². The van der Waals surface area contributed by atoms with Gasteiger partial charge in [0.15, 0.2) is 0 Å². The lowest BCUT2D eigenvalue weighted by Gasteiger charge is -2.16. The van der Waals surface area contributed by atoms with E-state index in [-0.39, 0.29) is 5.91 Å². The standard InChI is InChI=1S/C17H22N2O2/c1-2-12-21-16-7-5-6-15-14(16)8-11-19(15)13-17(20)18-9-3-4-10-18/h5-8,11H,2-4,9-10,12-13H2,1H3. The Morgan fingerprint density at radius 1 is 1.24 bits per heavy atom. The average Bonchev–Trinajstić information content (AvgIpc) is 3.15. The van der Waals surface area contributed by atoms with Gasteiger partial charge in [-0.25, -0.2) is 0 Å². The van der Waals surface area contributed by atoms with Crippen molar-refractivity contribution in [3.05, 3.63) is 30.5 Å². The largest absolute Gasteiger partial charge is 0.493 e. The van der Waals surface area contributed by atoms with E-state index in [9.17, 15) is 4.79 Å². The summed E-state index contributed by atoms with van der Waals surface area (Å²) >= 11 is 0. The fourth-order valence-electron chi connectivity index (χ4n) is 2.88. The van der Waals surface area contributed by atoms with Crippen LogP contribution in [0.5, 0.6) is 5.75 Å². The molecule has 4 heteroatoms. The molecule has 0 saturated carbocycles. The van der Waals surface area contributed by atoms with Gasteiger partial charge in [-0.15, -0.1) is 0 Å². The number of likely N-dealkylation sites (tertiary alicyclic amines) is 1. The number of benzene rings is 1. The summed E-state index contributed by atoms with van der Waals surface area (Å²) in [5.74, 6) is 1.12. The van der Waals surface area contributed by atoms with E-state index >= 15 is 0 Å². The fourth-order valence-corrected chi connectivity index (χ4v) is 2.88. The van der Waals surface area contributed by atoms with Gasteiger partial charge in [0, 0.05) is 24.7 Å². The smallest absolute Gasteiger partial charge is 0.242 e. The first-order chi connectivity index (χ1) is 10.3. The van der Waals surface area contributed by atoms with E-state index in [1.54, 1.807) is 0 Å². The maximum absolute atomic E-state index is 12.3. The molecule has 0 radical (unpaired) electrons. The van der Waals surface area contributed by atoms with Crippen LogP contribution < -0.4 is 4.74 Å². The van der Waals surface area contributed by atoms with Crippen molar-refractivity contribution < 1.29 is 9.53 Å². The van der Waals surface area contributed by atoms with Crippen LogP contribution in [-0.2, 0) is 11.3 Å². The lowest BCUT2D eigenvalue weighted by Crippen LogP contribution is -2.30. The monoisotopic (exact) mass is 286 g/mol. The maximum atomic E-state index is 12.3. The molecule has 21 heavy (non-hydrogen) atoms. The van der Waals surface area contributed by atoms with Gasteiger partial charge in [-0.3, -0.25) is 4.79 Å². The Hall–Kier alpha value is -1.97. The molecule has 0 bridgehead atoms. The number of nitrogens with zero attached hydrogens (tertiary/aromatic N) is 2. The SMILES string of the molecule is CCCOc1cccc2c1ccn2CC(=O)N1CCCC1. The lowest BCUT2D eigenvalue weighted by molar-refractivity contribution is -0.130. The number of aromatic nitrogens is 1. The van der Waals surface area contributed by atoms with Gasteiger partial charge >= 0.3 is 0 Å². The molecule has 1 saturated heterocycles. The molecule has 112 valence electrons. The molecular formula is C17H22N2O2. The van der Waals surface area contributed by atoms with Gasteiger partial charge in [-0.1, -0.05) is 13.0 Å². The summed E-state index contributed by atoms with van der Waals surface area (Å²) in [6.45, 7) is 5.05. The third-order valence-corrected chi connectivity index (χ3v) is 4.00. The highest BCUT2D eigenvalue weighted by molar-refractivity contribution is 5.88. The van der Waals surface area contributed by atoms with Gasteiger partial charge in [0.05, 0.1) is 12.1 Å². The number of hydrogen-bond donors (Lipinski definition) is 0. The average molecular weight is 286 g/mol. The first-order valence-electron chi connectivity index (χ1n) is 7.78. The summed E-state index contributed by atoms with van der Waals surface area (Å²) < 4.78 is 7.80. The van der Waals surface area contributed by atoms with Crippen molar-refractivity contribution in [3.63, 3.8) is 0 Å². The molecular weight excluding hydrogens is 264 g/mol. The normalized spacial score (nSPS) is 14.8. The summed E-state index contributed by atoms with van der Waals surface area (Å²) in [4.78, 5) is 14.2. The predicted molar refractivity (Wildman–Crippen MR) is 83.5 cm³/mol. The summed E-state index contributed by atoms with van der Waals surface area (Å²) in [7, 11) is 0. The van der Waals surface area contributed by atoms with Gasteiger partial charge in [0.1, 0.15) is 12.3 Å². The van der Waals surface area contributed by atoms with Gasteiger partial charge in [0.25, 0.3) is 0 Å². The van der Waals surface area contributed by atoms with Crippen molar-refractivity contribution in [3.8, 4) is 5.75 Å². The van der Waals surface area contributed by atoms with E-state index in [4.69, 9.17) is 4.74 Å². The first-order valence-corrected chi connectivity index (χ1v) is 7.78. The second-order valence-electron chi connectivity index (χ2n) is 5.57. The minimum absolute atomic E-state index is 0.213. The predicted octanol–water partition coefficient (Wildman–Crippen LogP) is 3.05. The van der Waals surface area contributed by atoms with Crippen molar-refractivity contribution in [2.75, 3.05) is 19.7 Å². The highest BCUT2D eigenvalue weighted by Crippen LogP contribution is 2.27. The van der Waals surface area contributed by atoms with Crippen LogP contribution in [0.15, 0.2) is 30.5 Å². The highest BCUT2D eigenvalue weighted by atomic mass is 16.5. The molecule has 1 aromatic heterocycles. The minimum atomic E-state index is 0.213. The summed E-state index contributed by atoms with van der Waals surface area (Å²) in [6.07, 6.45) is 5.24. The molecule has 3 rings (SSSR count). The van der Waals surface area contributed by atoms with E-state index < -0.39 is 0 Å². The Labute approximate surface area is 125 Å². The number of carbonyl (C=O) groups excluding carboxylic acids is 1. The quantitative estimate of drug-likeness (QED) is 0.846. The van der Waals surface area contributed by atoms with Crippen LogP contribution in [0.4, 0.5) is 0 Å². The van der Waals surface area contributed by atoms with Crippen LogP contribution in [0.2, 0.25) is 0 Å². The Kier molecular flexibility index (Phi) is 4.13. The highest BCUT2D eigenvalue weighted by Gasteiger charge is 2.18. The zero-order valence-corrected chi connectivity index (χ0v) is 12.5. The lowest BCUT2D eigenvalue weighted by atomic mass is 10.2. The molecule has 0 atom stereocenters. The third kappa shape index (κ3) is 2.89. The molecule has 1 aromatic carbocycles. The van der Waals surface area contributed by atoms with Crippen molar-refractivity contribution in [2.45, 2.75) is 32.7 Å². The number of amides is 1. The molecule has 1 aliphatic rings. The van der Waals surface area contributed by atoms with Crippen molar-refractivity contribution in [2.24, 2.45) is 0 Å². The van der Waals surface area contributed by atoms with Crippen LogP contribution in [0, 0.1) is 0 Å². The molecule has 0 N–H and O–H groups in total. The molecule has 0 aliphatic carbocycles. The zero-order chi connectivity index (χ0) is 14.7. The molecule has 0 unspecified atom stereocenters. The van der Waals surface area contributed by atoms with Crippen LogP contribution in [0.25, 0.3) is 10.9 Å². The summed E-state index contributed by atoms with van der Waals surface area (Å²) in [5.41, 5.74) is 1.07. The molecule has 4 nitrogen and oxygen atoms in total. The van der Waals surface area contributed by atoms with Crippen LogP contribution in [0.1, 0.15) is 26.2 Å². The van der Waals surface area contributed by atoms with E-state index in [2.05, 4.69) is 6.92 Å². The number of rotatable bonds is 5. The van der Waals surface area contributed by atoms with Crippen LogP contribution in [0.3, 0.4) is 0 Å². The molecule has 0 spiro atoms. The van der Waals surface area contributed by atoms with Gasteiger partial charge in [0.2, 0.25) is 5.91 Å². The van der Waals surface area contributed by atoms with Crippen LogP contribution >= 0.6 is 0 Å². The fraction of sp³-hybridized carbons (Fsp3) is 0.471. The number of carbonyl (C=O) groups is 1.